The Balaban J connectivity index is 1.28. The SMILES string of the molecule is c1ccc(CN2CCC[C@H](c3ncc(-c4ccc(-c5ccccc5)nc4)[nH]3)C2)cc1. The Hall–Kier alpha value is -3.24. The summed E-state index contributed by atoms with van der Waals surface area (Å²) in [5.41, 5.74) is 5.61. The number of benzene rings is 2. The summed E-state index contributed by atoms with van der Waals surface area (Å²) >= 11 is 0. The van der Waals surface area contributed by atoms with Gasteiger partial charge in [-0.2, -0.15) is 0 Å². The maximum Gasteiger partial charge on any atom is 0.110 e. The predicted octanol–water partition coefficient (Wildman–Crippen LogP) is 5.52. The summed E-state index contributed by atoms with van der Waals surface area (Å²) in [6.07, 6.45) is 6.27. The molecular weight excluding hydrogens is 368 g/mol. The Labute approximate surface area is 177 Å². The van der Waals surface area contributed by atoms with Crippen LogP contribution in [0.15, 0.2) is 85.2 Å². The molecule has 1 N–H and O–H groups in total. The zero-order valence-corrected chi connectivity index (χ0v) is 17.0. The molecule has 0 unspecified atom stereocenters. The molecule has 4 nitrogen and oxygen atoms in total. The predicted molar refractivity (Wildman–Crippen MR) is 121 cm³/mol. The van der Waals surface area contributed by atoms with Gasteiger partial charge < -0.3 is 4.98 Å². The van der Waals surface area contributed by atoms with E-state index in [2.05, 4.69) is 69.5 Å². The fourth-order valence-electron chi connectivity index (χ4n) is 4.29. The Morgan fingerprint density at radius 1 is 0.833 bits per heavy atom. The molecule has 0 aliphatic carbocycles. The zero-order valence-electron chi connectivity index (χ0n) is 17.0. The van der Waals surface area contributed by atoms with Crippen LogP contribution in [0.3, 0.4) is 0 Å². The van der Waals surface area contributed by atoms with E-state index in [1.165, 1.54) is 18.4 Å². The molecule has 1 aliphatic heterocycles. The molecule has 0 bridgehead atoms. The van der Waals surface area contributed by atoms with Gasteiger partial charge in [-0.15, -0.1) is 0 Å². The number of likely N-dealkylation sites (tertiary alicyclic amines) is 1. The molecule has 0 amide bonds. The highest BCUT2D eigenvalue weighted by molar-refractivity contribution is 5.64. The standard InChI is InChI=1S/C26H26N4/c1-3-8-20(9-4-1)18-30-15-7-12-23(19-30)26-28-17-25(29-26)22-13-14-24(27-16-22)21-10-5-2-6-11-21/h1-6,8-11,13-14,16-17,23H,7,12,15,18-19H2,(H,28,29)/t23-/m0/s1. The molecule has 2 aromatic carbocycles. The van der Waals surface area contributed by atoms with Crippen LogP contribution in [0.2, 0.25) is 0 Å². The van der Waals surface area contributed by atoms with Crippen molar-refractivity contribution in [3.05, 3.63) is 96.6 Å². The van der Waals surface area contributed by atoms with Crippen molar-refractivity contribution >= 4 is 0 Å². The van der Waals surface area contributed by atoms with Crippen molar-refractivity contribution in [3.8, 4) is 22.5 Å². The van der Waals surface area contributed by atoms with E-state index < -0.39 is 0 Å². The maximum absolute atomic E-state index is 4.73. The molecule has 30 heavy (non-hydrogen) atoms. The first kappa shape index (κ1) is 18.8. The second-order valence-electron chi connectivity index (χ2n) is 8.04. The molecule has 0 spiro atoms. The second-order valence-corrected chi connectivity index (χ2v) is 8.04. The smallest absolute Gasteiger partial charge is 0.110 e. The molecule has 1 fully saturated rings. The Kier molecular flexibility index (Phi) is 5.40. The van der Waals surface area contributed by atoms with Gasteiger partial charge in [0.15, 0.2) is 0 Å². The number of hydrogen-bond acceptors (Lipinski definition) is 3. The quantitative estimate of drug-likeness (QED) is 0.485. The van der Waals surface area contributed by atoms with E-state index in [1.807, 2.05) is 30.6 Å². The van der Waals surface area contributed by atoms with E-state index in [9.17, 15) is 0 Å². The number of piperidine rings is 1. The van der Waals surface area contributed by atoms with Crippen molar-refractivity contribution in [3.63, 3.8) is 0 Å². The largest absolute Gasteiger partial charge is 0.342 e. The summed E-state index contributed by atoms with van der Waals surface area (Å²) in [7, 11) is 0. The van der Waals surface area contributed by atoms with E-state index in [0.29, 0.717) is 5.92 Å². The molecule has 4 heteroatoms. The third-order valence-corrected chi connectivity index (χ3v) is 5.88. The summed E-state index contributed by atoms with van der Waals surface area (Å²) in [5, 5.41) is 0. The molecule has 1 saturated heterocycles. The Bertz CT molecular complexity index is 1070. The molecule has 4 aromatic rings. The normalized spacial score (nSPS) is 17.1. The molecule has 150 valence electrons. The van der Waals surface area contributed by atoms with Gasteiger partial charge in [-0.3, -0.25) is 9.88 Å². The second kappa shape index (κ2) is 8.64. The fourth-order valence-corrected chi connectivity index (χ4v) is 4.29. The zero-order chi connectivity index (χ0) is 20.2. The average Bonchev–Trinajstić information content (AvgIpc) is 3.31. The van der Waals surface area contributed by atoms with E-state index in [4.69, 9.17) is 4.98 Å². The molecule has 1 atom stereocenters. The maximum atomic E-state index is 4.73. The lowest BCUT2D eigenvalue weighted by atomic mass is 9.97. The minimum atomic E-state index is 0.452. The van der Waals surface area contributed by atoms with Crippen LogP contribution in [0, 0.1) is 0 Å². The highest BCUT2D eigenvalue weighted by atomic mass is 15.1. The molecular formula is C26H26N4. The first-order valence-corrected chi connectivity index (χ1v) is 10.7. The lowest BCUT2D eigenvalue weighted by Crippen LogP contribution is -2.34. The number of pyridine rings is 1. The Morgan fingerprint density at radius 2 is 1.63 bits per heavy atom. The van der Waals surface area contributed by atoms with Gasteiger partial charge in [0.1, 0.15) is 5.82 Å². The van der Waals surface area contributed by atoms with Gasteiger partial charge in [0.2, 0.25) is 0 Å². The highest BCUT2D eigenvalue weighted by Gasteiger charge is 2.23. The number of rotatable bonds is 5. The van der Waals surface area contributed by atoms with Gasteiger partial charge in [-0.1, -0.05) is 60.7 Å². The number of imidazole rings is 1. The van der Waals surface area contributed by atoms with Crippen LogP contribution in [0.4, 0.5) is 0 Å². The lowest BCUT2D eigenvalue weighted by molar-refractivity contribution is 0.197. The Morgan fingerprint density at radius 3 is 2.40 bits per heavy atom. The van der Waals surface area contributed by atoms with Crippen molar-refractivity contribution in [2.75, 3.05) is 13.1 Å². The molecule has 0 radical (unpaired) electrons. The lowest BCUT2D eigenvalue weighted by Gasteiger charge is -2.31. The van der Waals surface area contributed by atoms with Crippen molar-refractivity contribution in [1.29, 1.82) is 0 Å². The van der Waals surface area contributed by atoms with Gasteiger partial charge in [0.05, 0.1) is 17.6 Å². The third-order valence-electron chi connectivity index (χ3n) is 5.88. The molecule has 0 saturated carbocycles. The number of aromatic nitrogens is 3. The number of aromatic amines is 1. The van der Waals surface area contributed by atoms with E-state index >= 15 is 0 Å². The first-order chi connectivity index (χ1) is 14.8. The van der Waals surface area contributed by atoms with Gasteiger partial charge >= 0.3 is 0 Å². The van der Waals surface area contributed by atoms with E-state index in [1.54, 1.807) is 0 Å². The van der Waals surface area contributed by atoms with Crippen molar-refractivity contribution < 1.29 is 0 Å². The monoisotopic (exact) mass is 394 g/mol. The van der Waals surface area contributed by atoms with Crippen molar-refractivity contribution in [1.82, 2.24) is 19.9 Å². The van der Waals surface area contributed by atoms with Crippen molar-refractivity contribution in [2.24, 2.45) is 0 Å². The molecule has 5 rings (SSSR count). The number of nitrogens with one attached hydrogen (secondary N) is 1. The first-order valence-electron chi connectivity index (χ1n) is 10.7. The van der Waals surface area contributed by atoms with Crippen LogP contribution in [0.1, 0.15) is 30.1 Å². The topological polar surface area (TPSA) is 44.8 Å². The van der Waals surface area contributed by atoms with Gasteiger partial charge in [0.25, 0.3) is 0 Å². The molecule has 3 heterocycles. The van der Waals surface area contributed by atoms with E-state index in [-0.39, 0.29) is 0 Å². The summed E-state index contributed by atoms with van der Waals surface area (Å²) in [6, 6.07) is 25.2. The summed E-state index contributed by atoms with van der Waals surface area (Å²) in [4.78, 5) is 15.5. The molecule has 2 aromatic heterocycles. The van der Waals surface area contributed by atoms with Gasteiger partial charge in [-0.05, 0) is 37.1 Å². The van der Waals surface area contributed by atoms with E-state index in [0.717, 1.165) is 48.0 Å². The summed E-state index contributed by atoms with van der Waals surface area (Å²) in [6.45, 7) is 3.21. The van der Waals surface area contributed by atoms with Gasteiger partial charge in [-0.25, -0.2) is 4.98 Å². The van der Waals surface area contributed by atoms with Crippen LogP contribution in [0.5, 0.6) is 0 Å². The molecule has 1 aliphatic rings. The van der Waals surface area contributed by atoms with Crippen LogP contribution in [-0.2, 0) is 6.54 Å². The van der Waals surface area contributed by atoms with Crippen LogP contribution in [0.25, 0.3) is 22.5 Å². The van der Waals surface area contributed by atoms with Crippen LogP contribution in [-0.4, -0.2) is 32.9 Å². The fraction of sp³-hybridized carbons (Fsp3) is 0.231. The van der Waals surface area contributed by atoms with Gasteiger partial charge in [0, 0.05) is 36.3 Å². The van der Waals surface area contributed by atoms with Crippen LogP contribution < -0.4 is 0 Å². The highest BCUT2D eigenvalue weighted by Crippen LogP contribution is 2.28. The average molecular weight is 395 g/mol. The minimum absolute atomic E-state index is 0.452. The third kappa shape index (κ3) is 4.19. The number of nitrogens with zero attached hydrogens (tertiary/aromatic N) is 3. The summed E-state index contributed by atoms with van der Waals surface area (Å²) in [5.74, 6) is 1.54. The van der Waals surface area contributed by atoms with Crippen molar-refractivity contribution in [2.45, 2.75) is 25.3 Å². The number of H-pyrrole nitrogens is 1. The summed E-state index contributed by atoms with van der Waals surface area (Å²) < 4.78 is 0. The number of hydrogen-bond donors (Lipinski definition) is 1. The minimum Gasteiger partial charge on any atom is -0.342 e. The van der Waals surface area contributed by atoms with Crippen LogP contribution >= 0.6 is 0 Å².